The van der Waals surface area contributed by atoms with Crippen LogP contribution in [-0.4, -0.2) is 79.7 Å². The Hall–Kier alpha value is -3.73. The highest BCUT2D eigenvalue weighted by Crippen LogP contribution is 2.53. The summed E-state index contributed by atoms with van der Waals surface area (Å²) < 4.78 is 0. The molecule has 0 aromatic heterocycles. The number of hydrogen-bond donors (Lipinski definition) is 6. The van der Waals surface area contributed by atoms with Crippen molar-refractivity contribution >= 4 is 34.0 Å². The topological polar surface area (TPSA) is 182 Å². The van der Waals surface area contributed by atoms with E-state index in [1.54, 1.807) is 30.3 Å². The molecule has 5 atom stereocenters. The molecule has 2 aromatic rings. The second kappa shape index (κ2) is 7.38. The third kappa shape index (κ3) is 2.78. The minimum Gasteiger partial charge on any atom is -0.508 e. The van der Waals surface area contributed by atoms with Crippen LogP contribution in [0.1, 0.15) is 11.1 Å². The number of hydrogen-bond acceptors (Lipinski definition) is 9. The number of ketones is 2. The fourth-order valence-corrected chi connectivity index (χ4v) is 5.97. The van der Waals surface area contributed by atoms with E-state index in [2.05, 4.69) is 0 Å². The molecule has 1 saturated carbocycles. The van der Waals surface area contributed by atoms with Gasteiger partial charge in [0.2, 0.25) is 5.78 Å². The summed E-state index contributed by atoms with van der Waals surface area (Å²) in [5.74, 6) is -8.25. The van der Waals surface area contributed by atoms with Gasteiger partial charge in [-0.05, 0) is 31.5 Å². The Morgan fingerprint density at radius 1 is 1.14 bits per heavy atom. The molecular weight excluding hydrogens is 456 g/mol. The van der Waals surface area contributed by atoms with Crippen LogP contribution in [0, 0.1) is 11.8 Å². The second-order valence-corrected chi connectivity index (χ2v) is 9.53. The van der Waals surface area contributed by atoms with Gasteiger partial charge in [0.15, 0.2) is 11.4 Å². The fraction of sp³-hybridized carbons (Fsp3) is 0.320. The molecule has 0 aliphatic heterocycles. The number of benzene rings is 2. The molecule has 1 unspecified atom stereocenters. The van der Waals surface area contributed by atoms with Crippen LogP contribution in [0.2, 0.25) is 0 Å². The maximum Gasteiger partial charge on any atom is 0.255 e. The standard InChI is InChI=1S/C25H24N2O8/c1-27(2)17-16-19(29)12-8-10-7-9-5-3-4-6-11(9)18(28)13(10)20(30)14(12)22(32)25(16,35)23(33)15(21(17)31)24(26)34/h3-7,12,16-17,19,28-30,33,35H,8H2,1-2H3,(H2,26,34)/t12-,16?,17+,19+,25+/m1/s1. The molecule has 1 amide bonds. The molecule has 2 aromatic carbocycles. The van der Waals surface area contributed by atoms with Crippen LogP contribution < -0.4 is 5.73 Å². The second-order valence-electron chi connectivity index (χ2n) is 9.53. The van der Waals surface area contributed by atoms with Crippen molar-refractivity contribution in [2.45, 2.75) is 24.2 Å². The average Bonchev–Trinajstić information content (AvgIpc) is 2.79. The number of nitrogens with two attached hydrogens (primary N) is 1. The van der Waals surface area contributed by atoms with Gasteiger partial charge in [0.05, 0.1) is 23.6 Å². The highest BCUT2D eigenvalue weighted by atomic mass is 16.4. The lowest BCUT2D eigenvalue weighted by Gasteiger charge is -2.52. The monoisotopic (exact) mass is 480 g/mol. The Labute approximate surface area is 199 Å². The van der Waals surface area contributed by atoms with E-state index >= 15 is 0 Å². The van der Waals surface area contributed by atoms with E-state index in [1.807, 2.05) is 0 Å². The van der Waals surface area contributed by atoms with Crippen molar-refractivity contribution in [3.8, 4) is 5.75 Å². The Balaban J connectivity index is 1.81. The lowest BCUT2D eigenvalue weighted by molar-refractivity contribution is -0.168. The van der Waals surface area contributed by atoms with E-state index in [1.165, 1.54) is 19.0 Å². The molecule has 0 bridgehead atoms. The number of primary amides is 1. The summed E-state index contributed by atoms with van der Waals surface area (Å²) in [6.45, 7) is 0. The predicted molar refractivity (Wildman–Crippen MR) is 123 cm³/mol. The van der Waals surface area contributed by atoms with E-state index in [4.69, 9.17) is 5.73 Å². The Kier molecular flexibility index (Phi) is 4.86. The number of nitrogens with zero attached hydrogens (tertiary/aromatic N) is 1. The minimum atomic E-state index is -2.91. The van der Waals surface area contributed by atoms with Crippen molar-refractivity contribution in [1.82, 2.24) is 4.90 Å². The molecule has 35 heavy (non-hydrogen) atoms. The zero-order valence-electron chi connectivity index (χ0n) is 18.9. The zero-order valence-corrected chi connectivity index (χ0v) is 18.9. The number of fused-ring (bicyclic) bond motifs is 4. The summed E-state index contributed by atoms with van der Waals surface area (Å²) in [6, 6.07) is 7.24. The van der Waals surface area contributed by atoms with Crippen LogP contribution in [0.25, 0.3) is 16.5 Å². The first-order valence-corrected chi connectivity index (χ1v) is 11.0. The number of amides is 1. The van der Waals surface area contributed by atoms with Crippen LogP contribution in [-0.2, 0) is 20.8 Å². The molecule has 0 heterocycles. The molecule has 3 aliphatic rings. The van der Waals surface area contributed by atoms with Crippen molar-refractivity contribution in [3.05, 3.63) is 58.4 Å². The Morgan fingerprint density at radius 3 is 2.43 bits per heavy atom. The van der Waals surface area contributed by atoms with E-state index in [0.717, 1.165) is 0 Å². The van der Waals surface area contributed by atoms with E-state index in [-0.39, 0.29) is 17.7 Å². The highest BCUT2D eigenvalue weighted by molar-refractivity contribution is 6.24. The van der Waals surface area contributed by atoms with E-state index in [0.29, 0.717) is 16.3 Å². The number of phenols is 1. The summed E-state index contributed by atoms with van der Waals surface area (Å²) in [4.78, 5) is 40.2. The van der Waals surface area contributed by atoms with Crippen LogP contribution in [0.4, 0.5) is 0 Å². The lowest BCUT2D eigenvalue weighted by Crippen LogP contribution is -2.70. The van der Waals surface area contributed by atoms with Gasteiger partial charge < -0.3 is 31.3 Å². The Bertz CT molecular complexity index is 1410. The number of carbonyl (C=O) groups is 3. The average molecular weight is 480 g/mol. The smallest absolute Gasteiger partial charge is 0.255 e. The molecule has 0 radical (unpaired) electrons. The SMILES string of the molecule is CN(C)[C@@H]1C(=O)C(C(N)=O)=C(O)[C@@]2(O)C(=O)C3=C(O)c4c(cc5ccccc5c4O)C[C@H]3[C@H](O)C12. The molecule has 182 valence electrons. The highest BCUT2D eigenvalue weighted by Gasteiger charge is 2.67. The van der Waals surface area contributed by atoms with Crippen LogP contribution in [0.5, 0.6) is 5.75 Å². The number of aromatic hydroxyl groups is 1. The van der Waals surface area contributed by atoms with Gasteiger partial charge in [-0.3, -0.25) is 19.3 Å². The van der Waals surface area contributed by atoms with Gasteiger partial charge in [0, 0.05) is 16.9 Å². The Morgan fingerprint density at radius 2 is 1.80 bits per heavy atom. The van der Waals surface area contributed by atoms with Crippen molar-refractivity contribution in [1.29, 1.82) is 0 Å². The summed E-state index contributed by atoms with van der Waals surface area (Å²) >= 11 is 0. The first-order chi connectivity index (χ1) is 16.4. The first-order valence-electron chi connectivity index (χ1n) is 11.0. The molecule has 10 nitrogen and oxygen atoms in total. The number of likely N-dealkylation sites (N-methyl/N-ethyl adjacent to an activating group) is 1. The van der Waals surface area contributed by atoms with Crippen molar-refractivity contribution in [2.24, 2.45) is 17.6 Å². The molecule has 7 N–H and O–H groups in total. The number of aliphatic hydroxyl groups excluding tert-OH is 3. The van der Waals surface area contributed by atoms with Crippen LogP contribution in [0.3, 0.4) is 0 Å². The van der Waals surface area contributed by atoms with Gasteiger partial charge in [0.1, 0.15) is 22.8 Å². The maximum atomic E-state index is 13.8. The van der Waals surface area contributed by atoms with Gasteiger partial charge in [-0.1, -0.05) is 30.3 Å². The lowest BCUT2D eigenvalue weighted by atomic mass is 9.56. The molecular formula is C25H24N2O8. The molecule has 0 spiro atoms. The van der Waals surface area contributed by atoms with Crippen molar-refractivity contribution in [3.63, 3.8) is 0 Å². The summed E-state index contributed by atoms with van der Waals surface area (Å²) in [5.41, 5.74) is 1.48. The van der Waals surface area contributed by atoms with Gasteiger partial charge >= 0.3 is 0 Å². The van der Waals surface area contributed by atoms with Gasteiger partial charge in [-0.2, -0.15) is 0 Å². The number of aliphatic hydroxyl groups is 4. The molecule has 1 fully saturated rings. The molecule has 10 heteroatoms. The minimum absolute atomic E-state index is 0.00804. The van der Waals surface area contributed by atoms with Crippen molar-refractivity contribution in [2.75, 3.05) is 14.1 Å². The normalized spacial score (nSPS) is 30.4. The molecule has 0 saturated heterocycles. The van der Waals surface area contributed by atoms with E-state index < -0.39 is 69.7 Å². The zero-order chi connectivity index (χ0) is 25.6. The van der Waals surface area contributed by atoms with Crippen molar-refractivity contribution < 1.29 is 39.9 Å². The van der Waals surface area contributed by atoms with Gasteiger partial charge in [-0.15, -0.1) is 0 Å². The molecule has 5 rings (SSSR count). The van der Waals surface area contributed by atoms with Gasteiger partial charge in [0.25, 0.3) is 5.91 Å². The van der Waals surface area contributed by atoms with E-state index in [9.17, 15) is 39.9 Å². The number of Topliss-reactive ketones (excluding diaryl/α,β-unsaturated/α-hetero) is 2. The summed E-state index contributed by atoms with van der Waals surface area (Å²) in [6.07, 6.45) is -1.58. The fourth-order valence-electron chi connectivity index (χ4n) is 5.97. The summed E-state index contributed by atoms with van der Waals surface area (Å²) in [7, 11) is 2.93. The first kappa shape index (κ1) is 23.0. The largest absolute Gasteiger partial charge is 0.508 e. The predicted octanol–water partition coefficient (Wildman–Crippen LogP) is 0.0880. The van der Waals surface area contributed by atoms with Gasteiger partial charge in [-0.25, -0.2) is 0 Å². The molecule has 3 aliphatic carbocycles. The maximum absolute atomic E-state index is 13.8. The quantitative estimate of drug-likeness (QED) is 0.325. The van der Waals surface area contributed by atoms with Crippen LogP contribution >= 0.6 is 0 Å². The van der Waals surface area contributed by atoms with Crippen LogP contribution in [0.15, 0.2) is 47.2 Å². The number of phenolic OH excluding ortho intramolecular Hbond substituents is 1. The third-order valence-corrected chi connectivity index (χ3v) is 7.52. The third-order valence-electron chi connectivity index (χ3n) is 7.52. The number of rotatable bonds is 2. The number of carbonyl (C=O) groups excluding carboxylic acids is 3. The summed E-state index contributed by atoms with van der Waals surface area (Å²) in [5, 5.41) is 57.1.